The molecule has 69 heavy (non-hydrogen) atoms. The fourth-order valence-corrected chi connectivity index (χ4v) is 14.7. The lowest BCUT2D eigenvalue weighted by molar-refractivity contribution is -0.0419. The van der Waals surface area contributed by atoms with Crippen LogP contribution in [-0.4, -0.2) is 16.2 Å². The number of rotatable bonds is 7. The van der Waals surface area contributed by atoms with Gasteiger partial charge in [0.15, 0.2) is 0 Å². The van der Waals surface area contributed by atoms with Gasteiger partial charge in [-0.15, -0.1) is 0 Å². The van der Waals surface area contributed by atoms with E-state index in [0.29, 0.717) is 18.5 Å². The second-order valence-electron chi connectivity index (χ2n) is 21.8. The third-order valence-corrected chi connectivity index (χ3v) is 17.9. The highest BCUT2D eigenvalue weighted by atomic mass is 16.5. The van der Waals surface area contributed by atoms with Crippen molar-refractivity contribution >= 4 is 44.6 Å². The van der Waals surface area contributed by atoms with E-state index >= 15 is 0 Å². The Morgan fingerprint density at radius 3 is 1.94 bits per heavy atom. The monoisotopic (exact) mass is 898 g/mol. The van der Waals surface area contributed by atoms with Gasteiger partial charge in [-0.1, -0.05) is 92.7 Å². The molecule has 5 nitrogen and oxygen atoms in total. The van der Waals surface area contributed by atoms with Crippen molar-refractivity contribution in [1.29, 1.82) is 0 Å². The van der Waals surface area contributed by atoms with E-state index in [-0.39, 0.29) is 10.8 Å². The maximum absolute atomic E-state index is 6.89. The van der Waals surface area contributed by atoms with Crippen LogP contribution in [0.4, 0.5) is 22.7 Å². The molecule has 2 aromatic heterocycles. The summed E-state index contributed by atoms with van der Waals surface area (Å²) >= 11 is 0. The number of aromatic nitrogens is 2. The molecular weight excluding hydrogens is 841 g/mol. The van der Waals surface area contributed by atoms with Crippen LogP contribution in [0.1, 0.15) is 84.9 Å². The molecule has 15 rings (SSSR count). The molecule has 0 spiro atoms. The summed E-state index contributed by atoms with van der Waals surface area (Å²) in [5.74, 6) is 5.59. The molecule has 0 saturated heterocycles. The van der Waals surface area contributed by atoms with Crippen molar-refractivity contribution in [3.8, 4) is 28.4 Å². The Morgan fingerprint density at radius 1 is 0.522 bits per heavy atom. The number of ether oxygens (including phenoxy) is 1. The van der Waals surface area contributed by atoms with Crippen molar-refractivity contribution in [1.82, 2.24) is 9.55 Å². The minimum atomic E-state index is -0.0676. The third-order valence-electron chi connectivity index (χ3n) is 17.9. The van der Waals surface area contributed by atoms with E-state index in [9.17, 15) is 0 Å². The quantitative estimate of drug-likeness (QED) is 0.160. The first-order valence-electron chi connectivity index (χ1n) is 25.4. The summed E-state index contributed by atoms with van der Waals surface area (Å²) in [5.41, 5.74) is 19.5. The molecule has 0 atom stereocenters. The first kappa shape index (κ1) is 40.9. The molecule has 4 saturated carbocycles. The second-order valence-corrected chi connectivity index (χ2v) is 21.8. The first-order valence-corrected chi connectivity index (χ1v) is 25.4. The van der Waals surface area contributed by atoms with Crippen molar-refractivity contribution in [3.63, 3.8) is 0 Å². The van der Waals surface area contributed by atoms with Crippen LogP contribution in [0.3, 0.4) is 0 Å². The lowest BCUT2D eigenvalue weighted by Gasteiger charge is -2.62. The highest BCUT2D eigenvalue weighted by Gasteiger charge is 2.59. The highest BCUT2D eigenvalue weighted by Crippen LogP contribution is 2.65. The van der Waals surface area contributed by atoms with Crippen LogP contribution in [0.25, 0.3) is 38.8 Å². The number of hydrogen-bond acceptors (Lipinski definition) is 4. The Morgan fingerprint density at radius 2 is 1.17 bits per heavy atom. The molecule has 9 aromatic rings. The van der Waals surface area contributed by atoms with E-state index in [2.05, 4.69) is 213 Å². The summed E-state index contributed by atoms with van der Waals surface area (Å²) in [6.45, 7) is 12.3. The van der Waals surface area contributed by atoms with Gasteiger partial charge in [-0.3, -0.25) is 4.57 Å². The van der Waals surface area contributed by atoms with E-state index in [1.54, 1.807) is 0 Å². The molecule has 4 fully saturated rings. The summed E-state index contributed by atoms with van der Waals surface area (Å²) in [6.07, 6.45) is 8.86. The number of pyridine rings is 1. The SMILES string of the molecule is Cc1cc(C2(c3ccnc(-n4c5ccccc5c5ccc(Oc6cccc(N7CN(c8ccc9c(c8)C(C)(C)c8ccccc8-9)c8ccccc87)c6)cc54)c3)C3CC4CC(C3)CC2C4)cc(C)c1C. The fraction of sp³-hybridized carbons (Fsp3) is 0.266. The molecule has 0 unspecified atom stereocenters. The minimum absolute atomic E-state index is 0.0239. The van der Waals surface area contributed by atoms with E-state index < -0.39 is 0 Å². The van der Waals surface area contributed by atoms with Gasteiger partial charge < -0.3 is 14.5 Å². The zero-order valence-corrected chi connectivity index (χ0v) is 40.3. The Labute approximate surface area is 406 Å². The number of aryl methyl sites for hydroxylation is 2. The predicted molar refractivity (Wildman–Crippen MR) is 283 cm³/mol. The molecular formula is C64H58N4O. The normalized spacial score (nSPS) is 22.6. The van der Waals surface area contributed by atoms with Crippen LogP contribution in [0.2, 0.25) is 0 Å². The van der Waals surface area contributed by atoms with Crippen LogP contribution in [0.15, 0.2) is 164 Å². The number of anilines is 4. The molecule has 4 bridgehead atoms. The molecule has 6 aliphatic rings. The molecule has 7 aromatic carbocycles. The summed E-state index contributed by atoms with van der Waals surface area (Å²) in [5, 5.41) is 2.41. The zero-order chi connectivity index (χ0) is 46.3. The van der Waals surface area contributed by atoms with Gasteiger partial charge in [0.1, 0.15) is 24.0 Å². The maximum Gasteiger partial charge on any atom is 0.137 e. The highest BCUT2D eigenvalue weighted by molar-refractivity contribution is 6.09. The first-order chi connectivity index (χ1) is 33.6. The fourth-order valence-electron chi connectivity index (χ4n) is 14.7. The standard InChI is InChI=1S/C64H58N4O/c1-39-27-45(28-40(2)41(39)3)64(46-30-42-29-43(32-46)33-47(64)31-42)44-25-26-65-62(34-44)68-58-18-9-7-16-54(58)55-24-22-51(37-61(55)68)69-50-14-12-13-48(35-50)66-38-67(60-20-11-10-19-59(60)66)49-21-23-53-52-15-6-8-17-56(52)63(4,5)57(53)36-49/h6-28,34-37,42-43,46-47H,29-33,38H2,1-5H3. The van der Waals surface area contributed by atoms with Crippen molar-refractivity contribution in [2.75, 3.05) is 16.5 Å². The van der Waals surface area contributed by atoms with Crippen LogP contribution < -0.4 is 14.5 Å². The molecule has 340 valence electrons. The van der Waals surface area contributed by atoms with Crippen molar-refractivity contribution in [2.24, 2.45) is 23.7 Å². The molecule has 3 heterocycles. The average molecular weight is 899 g/mol. The number of para-hydroxylation sites is 3. The molecule has 0 amide bonds. The van der Waals surface area contributed by atoms with Crippen LogP contribution in [-0.2, 0) is 10.8 Å². The average Bonchev–Trinajstić information content (AvgIpc) is 3.99. The minimum Gasteiger partial charge on any atom is -0.457 e. The van der Waals surface area contributed by atoms with Gasteiger partial charge in [0.2, 0.25) is 0 Å². The Hall–Kier alpha value is -7.11. The van der Waals surface area contributed by atoms with Gasteiger partial charge in [0.05, 0.1) is 22.4 Å². The maximum atomic E-state index is 6.89. The van der Waals surface area contributed by atoms with Crippen molar-refractivity contribution in [2.45, 2.75) is 77.6 Å². The lowest BCUT2D eigenvalue weighted by atomic mass is 9.42. The van der Waals surface area contributed by atoms with E-state index in [4.69, 9.17) is 9.72 Å². The van der Waals surface area contributed by atoms with Gasteiger partial charge in [0, 0.05) is 51.3 Å². The third kappa shape index (κ3) is 5.98. The number of hydrogen-bond donors (Lipinski definition) is 0. The van der Waals surface area contributed by atoms with Gasteiger partial charge in [0.25, 0.3) is 0 Å². The van der Waals surface area contributed by atoms with Crippen LogP contribution in [0.5, 0.6) is 11.5 Å². The lowest BCUT2D eigenvalue weighted by Crippen LogP contribution is -2.56. The Kier molecular flexibility index (Phi) is 8.86. The number of benzene rings is 7. The van der Waals surface area contributed by atoms with E-state index in [1.165, 1.54) is 110 Å². The van der Waals surface area contributed by atoms with Crippen LogP contribution >= 0.6 is 0 Å². The van der Waals surface area contributed by atoms with Gasteiger partial charge in [-0.2, -0.15) is 0 Å². The predicted octanol–water partition coefficient (Wildman–Crippen LogP) is 16.2. The molecule has 5 heteroatoms. The molecule has 5 aliphatic carbocycles. The summed E-state index contributed by atoms with van der Waals surface area (Å²) in [4.78, 5) is 10.1. The van der Waals surface area contributed by atoms with Crippen molar-refractivity contribution in [3.05, 3.63) is 203 Å². The van der Waals surface area contributed by atoms with Gasteiger partial charge >= 0.3 is 0 Å². The zero-order valence-electron chi connectivity index (χ0n) is 40.3. The van der Waals surface area contributed by atoms with E-state index in [1.807, 2.05) is 0 Å². The topological polar surface area (TPSA) is 33.5 Å². The molecule has 0 N–H and O–H groups in total. The summed E-state index contributed by atoms with van der Waals surface area (Å²) < 4.78 is 9.28. The molecule has 1 aliphatic heterocycles. The smallest absolute Gasteiger partial charge is 0.137 e. The Balaban J connectivity index is 0.820. The number of nitrogens with zero attached hydrogens (tertiary/aromatic N) is 4. The van der Waals surface area contributed by atoms with Crippen LogP contribution in [0, 0.1) is 44.4 Å². The Bertz CT molecular complexity index is 3530. The summed E-state index contributed by atoms with van der Waals surface area (Å²) in [7, 11) is 0. The number of fused-ring (bicyclic) bond motifs is 7. The van der Waals surface area contributed by atoms with Gasteiger partial charge in [-0.25, -0.2) is 4.98 Å². The summed E-state index contributed by atoms with van der Waals surface area (Å²) in [6, 6.07) is 58.6. The largest absolute Gasteiger partial charge is 0.457 e. The molecule has 0 radical (unpaired) electrons. The van der Waals surface area contributed by atoms with E-state index in [0.717, 1.165) is 45.9 Å². The second kappa shape index (κ2) is 14.9. The van der Waals surface area contributed by atoms with Crippen molar-refractivity contribution < 1.29 is 4.74 Å². The van der Waals surface area contributed by atoms with Gasteiger partial charge in [-0.05, 0) is 193 Å².